The molecule has 0 bridgehead atoms. The van der Waals surface area contributed by atoms with Crippen LogP contribution in [0.3, 0.4) is 0 Å². The Bertz CT molecular complexity index is 437. The zero-order valence-corrected chi connectivity index (χ0v) is 10.6. The highest BCUT2D eigenvalue weighted by Gasteiger charge is 2.60. The molecular weight excluding hydrogens is 292 g/mol. The van der Waals surface area contributed by atoms with Crippen LogP contribution in [-0.2, 0) is 13.2 Å². The number of aliphatic hydroxyl groups is 1. The van der Waals surface area contributed by atoms with E-state index < -0.39 is 30.7 Å². The second-order valence-electron chi connectivity index (χ2n) is 4.65. The number of aliphatic hydroxyl groups excluding tert-OH is 1. The summed E-state index contributed by atoms with van der Waals surface area (Å²) < 4.78 is 76.7. The van der Waals surface area contributed by atoms with Gasteiger partial charge in [0.15, 0.2) is 11.6 Å². The van der Waals surface area contributed by atoms with Crippen LogP contribution < -0.4 is 0 Å². The first kappa shape index (κ1) is 16.7. The molecule has 10 heteroatoms. The summed E-state index contributed by atoms with van der Waals surface area (Å²) in [5.74, 6) is -5.53. The Labute approximate surface area is 110 Å². The van der Waals surface area contributed by atoms with Crippen molar-refractivity contribution in [3.05, 3.63) is 11.6 Å². The van der Waals surface area contributed by atoms with Gasteiger partial charge < -0.3 is 9.67 Å². The number of halogens is 6. The van der Waals surface area contributed by atoms with E-state index in [1.165, 1.54) is 0 Å². The Kier molecular flexibility index (Phi) is 4.67. The van der Waals surface area contributed by atoms with E-state index in [1.54, 1.807) is 13.8 Å². The van der Waals surface area contributed by atoms with E-state index in [9.17, 15) is 26.3 Å². The number of hydrogen-bond acceptors (Lipinski definition) is 3. The molecule has 0 aromatic carbocycles. The van der Waals surface area contributed by atoms with Crippen molar-refractivity contribution in [1.29, 1.82) is 0 Å². The molecule has 0 fully saturated rings. The molecule has 4 nitrogen and oxygen atoms in total. The molecule has 0 atom stereocenters. The van der Waals surface area contributed by atoms with Crippen molar-refractivity contribution in [2.75, 3.05) is 0 Å². The number of nitrogens with zero attached hydrogens (tertiary/aromatic N) is 3. The number of rotatable bonds is 4. The van der Waals surface area contributed by atoms with Crippen molar-refractivity contribution in [3.63, 3.8) is 0 Å². The summed E-state index contributed by atoms with van der Waals surface area (Å²) in [5, 5.41) is 15.1. The van der Waals surface area contributed by atoms with E-state index in [1.807, 2.05) is 0 Å². The zero-order valence-electron chi connectivity index (χ0n) is 10.6. The third kappa shape index (κ3) is 3.62. The SMILES string of the molecule is CC(C)Cn1c(CO)nnc1C(C(F)(F)F)C(F)(F)F. The fraction of sp³-hybridized carbons (Fsp3) is 0.800. The molecule has 20 heavy (non-hydrogen) atoms. The van der Waals surface area contributed by atoms with Crippen LogP contribution in [0.5, 0.6) is 0 Å². The summed E-state index contributed by atoms with van der Waals surface area (Å²) in [6.45, 7) is 2.28. The lowest BCUT2D eigenvalue weighted by atomic mass is 10.1. The first-order chi connectivity index (χ1) is 8.98. The van der Waals surface area contributed by atoms with Gasteiger partial charge in [0.05, 0.1) is 0 Å². The summed E-state index contributed by atoms with van der Waals surface area (Å²) in [4.78, 5) is 0. The smallest absolute Gasteiger partial charge is 0.388 e. The van der Waals surface area contributed by atoms with Gasteiger partial charge >= 0.3 is 12.4 Å². The van der Waals surface area contributed by atoms with Crippen LogP contribution >= 0.6 is 0 Å². The van der Waals surface area contributed by atoms with Crippen LogP contribution in [0.2, 0.25) is 0 Å². The van der Waals surface area contributed by atoms with Crippen LogP contribution in [0.15, 0.2) is 0 Å². The first-order valence-corrected chi connectivity index (χ1v) is 5.64. The van der Waals surface area contributed by atoms with E-state index in [-0.39, 0.29) is 18.3 Å². The highest BCUT2D eigenvalue weighted by atomic mass is 19.4. The molecule has 1 aromatic rings. The minimum absolute atomic E-state index is 0.152. The predicted octanol–water partition coefficient (Wildman–Crippen LogP) is 2.63. The molecule has 0 aliphatic heterocycles. The van der Waals surface area contributed by atoms with Gasteiger partial charge in [0.2, 0.25) is 5.92 Å². The van der Waals surface area contributed by atoms with E-state index in [2.05, 4.69) is 10.2 Å². The van der Waals surface area contributed by atoms with Gasteiger partial charge in [0, 0.05) is 6.54 Å². The maximum absolute atomic E-state index is 12.7. The second-order valence-corrected chi connectivity index (χ2v) is 4.65. The summed E-state index contributed by atoms with van der Waals surface area (Å²) in [5.41, 5.74) is 0. The van der Waals surface area contributed by atoms with Gasteiger partial charge in [-0.3, -0.25) is 0 Å². The van der Waals surface area contributed by atoms with Gasteiger partial charge in [-0.15, -0.1) is 10.2 Å². The van der Waals surface area contributed by atoms with Crippen molar-refractivity contribution in [3.8, 4) is 0 Å². The molecule has 0 saturated heterocycles. The molecule has 1 N–H and O–H groups in total. The molecule has 0 aliphatic carbocycles. The quantitative estimate of drug-likeness (QED) is 0.870. The fourth-order valence-electron chi connectivity index (χ4n) is 1.72. The summed E-state index contributed by atoms with van der Waals surface area (Å²) in [7, 11) is 0. The molecule has 1 rings (SSSR count). The second kappa shape index (κ2) is 5.58. The highest BCUT2D eigenvalue weighted by molar-refractivity contribution is 5.08. The van der Waals surface area contributed by atoms with Crippen LogP contribution in [-0.4, -0.2) is 32.2 Å². The van der Waals surface area contributed by atoms with Crippen LogP contribution in [0.25, 0.3) is 0 Å². The number of aromatic nitrogens is 3. The summed E-state index contributed by atoms with van der Waals surface area (Å²) >= 11 is 0. The Morgan fingerprint density at radius 1 is 1.05 bits per heavy atom. The Morgan fingerprint density at radius 3 is 1.90 bits per heavy atom. The first-order valence-electron chi connectivity index (χ1n) is 5.64. The van der Waals surface area contributed by atoms with E-state index in [0.29, 0.717) is 4.57 Å². The maximum Gasteiger partial charge on any atom is 0.407 e. The summed E-state index contributed by atoms with van der Waals surface area (Å²) in [6.07, 6.45) is -11.1. The van der Waals surface area contributed by atoms with Crippen molar-refractivity contribution in [1.82, 2.24) is 14.8 Å². The van der Waals surface area contributed by atoms with Gasteiger partial charge in [-0.05, 0) is 5.92 Å². The molecular formula is C10H13F6N3O. The fourth-order valence-corrected chi connectivity index (χ4v) is 1.72. The topological polar surface area (TPSA) is 50.9 Å². The van der Waals surface area contributed by atoms with Crippen molar-refractivity contribution < 1.29 is 31.4 Å². The maximum atomic E-state index is 12.7. The minimum atomic E-state index is -5.53. The lowest BCUT2D eigenvalue weighted by molar-refractivity contribution is -0.256. The monoisotopic (exact) mass is 305 g/mol. The molecule has 0 aliphatic rings. The van der Waals surface area contributed by atoms with Gasteiger partial charge in [-0.2, -0.15) is 26.3 Å². The van der Waals surface area contributed by atoms with Gasteiger partial charge in [-0.1, -0.05) is 13.8 Å². The number of hydrogen-bond donors (Lipinski definition) is 1. The molecule has 0 unspecified atom stereocenters. The van der Waals surface area contributed by atoms with Crippen LogP contribution in [0.1, 0.15) is 31.4 Å². The molecule has 0 spiro atoms. The van der Waals surface area contributed by atoms with Crippen LogP contribution in [0, 0.1) is 5.92 Å². The normalized spacial score (nSPS) is 13.6. The van der Waals surface area contributed by atoms with E-state index >= 15 is 0 Å². The largest absolute Gasteiger partial charge is 0.407 e. The highest BCUT2D eigenvalue weighted by Crippen LogP contribution is 2.45. The lowest BCUT2D eigenvalue weighted by Gasteiger charge is -2.23. The average Bonchev–Trinajstić information content (AvgIpc) is 2.56. The average molecular weight is 305 g/mol. The zero-order chi connectivity index (χ0) is 15.7. The van der Waals surface area contributed by atoms with Gasteiger partial charge in [0.25, 0.3) is 0 Å². The molecule has 1 heterocycles. The minimum Gasteiger partial charge on any atom is -0.388 e. The Hall–Kier alpha value is -1.32. The lowest BCUT2D eigenvalue weighted by Crippen LogP contribution is -2.36. The van der Waals surface area contributed by atoms with E-state index in [0.717, 1.165) is 0 Å². The number of alkyl halides is 6. The van der Waals surface area contributed by atoms with E-state index in [4.69, 9.17) is 5.11 Å². The standard InChI is InChI=1S/C10H13F6N3O/c1-5(2)3-19-6(4-20)17-18-8(19)7(9(11,12)13)10(14,15)16/h5,7,20H,3-4H2,1-2H3. The Balaban J connectivity index is 3.38. The van der Waals surface area contributed by atoms with Crippen molar-refractivity contribution in [2.45, 2.75) is 45.3 Å². The summed E-state index contributed by atoms with van der Waals surface area (Å²) in [6, 6.07) is 0. The molecule has 0 radical (unpaired) electrons. The van der Waals surface area contributed by atoms with Crippen molar-refractivity contribution in [2.24, 2.45) is 5.92 Å². The van der Waals surface area contributed by atoms with Gasteiger partial charge in [0.1, 0.15) is 6.61 Å². The molecule has 116 valence electrons. The molecule has 0 amide bonds. The van der Waals surface area contributed by atoms with Crippen LogP contribution in [0.4, 0.5) is 26.3 Å². The Morgan fingerprint density at radius 2 is 1.55 bits per heavy atom. The molecule has 1 aromatic heterocycles. The van der Waals surface area contributed by atoms with Gasteiger partial charge in [-0.25, -0.2) is 0 Å². The predicted molar refractivity (Wildman–Crippen MR) is 55.6 cm³/mol. The molecule has 0 saturated carbocycles. The third-order valence-corrected chi connectivity index (χ3v) is 2.46. The third-order valence-electron chi connectivity index (χ3n) is 2.46. The van der Waals surface area contributed by atoms with Crippen molar-refractivity contribution >= 4 is 0 Å².